The standard InChI is InChI=1S/C17H18Cl2N2O2S/c18-12-3-4-14(19)13(10-12)17(22)20-11-15(16-2-1-9-24-16)21-5-7-23-8-6-21/h1-4,9-10,15H,5-8,11H2,(H,20,22). The van der Waals surface area contributed by atoms with E-state index in [0.717, 1.165) is 26.3 Å². The van der Waals surface area contributed by atoms with E-state index in [9.17, 15) is 4.79 Å². The molecular formula is C17H18Cl2N2O2S. The third kappa shape index (κ3) is 4.29. The minimum absolute atomic E-state index is 0.135. The van der Waals surface area contributed by atoms with E-state index in [4.69, 9.17) is 27.9 Å². The predicted octanol–water partition coefficient (Wildman–Crippen LogP) is 3.86. The maximum atomic E-state index is 12.5. The molecule has 0 saturated carbocycles. The Morgan fingerprint density at radius 3 is 2.79 bits per heavy atom. The molecule has 1 aromatic carbocycles. The molecule has 3 rings (SSSR count). The second-order valence-electron chi connectivity index (χ2n) is 5.51. The Morgan fingerprint density at radius 2 is 2.08 bits per heavy atom. The summed E-state index contributed by atoms with van der Waals surface area (Å²) in [6, 6.07) is 9.16. The number of benzene rings is 1. The van der Waals surface area contributed by atoms with Crippen LogP contribution in [0.2, 0.25) is 10.0 Å². The van der Waals surface area contributed by atoms with Crippen molar-refractivity contribution >= 4 is 40.4 Å². The van der Waals surface area contributed by atoms with Gasteiger partial charge in [-0.2, -0.15) is 0 Å². The van der Waals surface area contributed by atoms with E-state index >= 15 is 0 Å². The number of hydrogen-bond acceptors (Lipinski definition) is 4. The molecule has 1 N–H and O–H groups in total. The summed E-state index contributed by atoms with van der Waals surface area (Å²) in [4.78, 5) is 16.1. The van der Waals surface area contributed by atoms with Crippen LogP contribution in [0.4, 0.5) is 0 Å². The van der Waals surface area contributed by atoms with Crippen molar-refractivity contribution in [3.05, 3.63) is 56.2 Å². The van der Waals surface area contributed by atoms with E-state index in [-0.39, 0.29) is 11.9 Å². The van der Waals surface area contributed by atoms with Gasteiger partial charge < -0.3 is 10.1 Å². The fourth-order valence-corrected chi connectivity index (χ4v) is 3.97. The molecule has 0 spiro atoms. The molecule has 0 aliphatic carbocycles. The molecule has 1 fully saturated rings. The van der Waals surface area contributed by atoms with Crippen LogP contribution in [-0.4, -0.2) is 43.7 Å². The van der Waals surface area contributed by atoms with Gasteiger partial charge in [0.05, 0.1) is 29.8 Å². The predicted molar refractivity (Wildman–Crippen MR) is 98.2 cm³/mol. The number of nitrogens with zero attached hydrogens (tertiary/aromatic N) is 1. The lowest BCUT2D eigenvalue weighted by atomic mass is 10.1. The van der Waals surface area contributed by atoms with E-state index in [1.165, 1.54) is 4.88 Å². The van der Waals surface area contributed by atoms with Crippen LogP contribution < -0.4 is 5.32 Å². The number of carbonyl (C=O) groups is 1. The van der Waals surface area contributed by atoms with Crippen LogP contribution in [0.15, 0.2) is 35.7 Å². The van der Waals surface area contributed by atoms with Gasteiger partial charge in [0.1, 0.15) is 0 Å². The highest BCUT2D eigenvalue weighted by molar-refractivity contribution is 7.10. The summed E-state index contributed by atoms with van der Waals surface area (Å²) in [5.41, 5.74) is 0.399. The van der Waals surface area contributed by atoms with Gasteiger partial charge in [-0.25, -0.2) is 0 Å². The Bertz CT molecular complexity index is 688. The number of rotatable bonds is 5. The quantitative estimate of drug-likeness (QED) is 0.850. The highest BCUT2D eigenvalue weighted by Gasteiger charge is 2.24. The molecule has 24 heavy (non-hydrogen) atoms. The van der Waals surface area contributed by atoms with Gasteiger partial charge in [0, 0.05) is 29.5 Å². The van der Waals surface area contributed by atoms with Gasteiger partial charge >= 0.3 is 0 Å². The zero-order valence-electron chi connectivity index (χ0n) is 13.0. The molecule has 4 nitrogen and oxygen atoms in total. The summed E-state index contributed by atoms with van der Waals surface area (Å²) in [6.07, 6.45) is 0. The van der Waals surface area contributed by atoms with Crippen LogP contribution in [0.3, 0.4) is 0 Å². The molecule has 2 aromatic rings. The molecule has 7 heteroatoms. The molecule has 1 atom stereocenters. The SMILES string of the molecule is O=C(NCC(c1cccs1)N1CCOCC1)c1cc(Cl)ccc1Cl. The lowest BCUT2D eigenvalue weighted by Gasteiger charge is -2.34. The molecule has 1 aromatic heterocycles. The molecule has 1 saturated heterocycles. The van der Waals surface area contributed by atoms with Crippen LogP contribution in [0, 0.1) is 0 Å². The van der Waals surface area contributed by atoms with Crippen LogP contribution in [0.1, 0.15) is 21.3 Å². The second kappa shape index (κ2) is 8.32. The molecule has 0 bridgehead atoms. The molecule has 1 unspecified atom stereocenters. The second-order valence-corrected chi connectivity index (χ2v) is 7.34. The van der Waals surface area contributed by atoms with E-state index < -0.39 is 0 Å². The van der Waals surface area contributed by atoms with Crippen molar-refractivity contribution in [2.24, 2.45) is 0 Å². The van der Waals surface area contributed by atoms with Gasteiger partial charge in [0.15, 0.2) is 0 Å². The smallest absolute Gasteiger partial charge is 0.252 e. The first-order valence-corrected chi connectivity index (χ1v) is 9.37. The Balaban J connectivity index is 1.71. The maximum absolute atomic E-state index is 12.5. The van der Waals surface area contributed by atoms with Crippen molar-refractivity contribution in [3.8, 4) is 0 Å². The number of ether oxygens (including phenoxy) is 1. The minimum Gasteiger partial charge on any atom is -0.379 e. The largest absolute Gasteiger partial charge is 0.379 e. The summed E-state index contributed by atoms with van der Waals surface area (Å²) in [6.45, 7) is 3.67. The van der Waals surface area contributed by atoms with Crippen molar-refractivity contribution in [1.82, 2.24) is 10.2 Å². The van der Waals surface area contributed by atoms with Crippen LogP contribution in [0.25, 0.3) is 0 Å². The zero-order chi connectivity index (χ0) is 16.9. The van der Waals surface area contributed by atoms with Crippen LogP contribution >= 0.6 is 34.5 Å². The average Bonchev–Trinajstić information content (AvgIpc) is 3.12. The fraction of sp³-hybridized carbons (Fsp3) is 0.353. The van der Waals surface area contributed by atoms with Gasteiger partial charge in [-0.1, -0.05) is 29.3 Å². The number of amides is 1. The van der Waals surface area contributed by atoms with Gasteiger partial charge in [0.2, 0.25) is 0 Å². The molecule has 1 aliphatic heterocycles. The van der Waals surface area contributed by atoms with Crippen molar-refractivity contribution in [3.63, 3.8) is 0 Å². The molecule has 2 heterocycles. The van der Waals surface area contributed by atoms with Crippen LogP contribution in [-0.2, 0) is 4.74 Å². The van der Waals surface area contributed by atoms with Crippen LogP contribution in [0.5, 0.6) is 0 Å². The van der Waals surface area contributed by atoms with Gasteiger partial charge in [-0.3, -0.25) is 9.69 Å². The highest BCUT2D eigenvalue weighted by Crippen LogP contribution is 2.26. The summed E-state index contributed by atoms with van der Waals surface area (Å²) in [7, 11) is 0. The molecule has 1 aliphatic rings. The summed E-state index contributed by atoms with van der Waals surface area (Å²) < 4.78 is 5.43. The van der Waals surface area contributed by atoms with Crippen molar-refractivity contribution in [2.75, 3.05) is 32.8 Å². The number of carbonyl (C=O) groups excluding carboxylic acids is 1. The monoisotopic (exact) mass is 384 g/mol. The summed E-state index contributed by atoms with van der Waals surface area (Å²) in [5, 5.41) is 5.94. The summed E-state index contributed by atoms with van der Waals surface area (Å²) >= 11 is 13.8. The number of halogens is 2. The number of hydrogen-bond donors (Lipinski definition) is 1. The number of thiophene rings is 1. The van der Waals surface area contributed by atoms with Crippen molar-refractivity contribution < 1.29 is 9.53 Å². The fourth-order valence-electron chi connectivity index (χ4n) is 2.74. The Hall–Kier alpha value is -1.11. The summed E-state index contributed by atoms with van der Waals surface area (Å²) in [5.74, 6) is -0.211. The Kier molecular flexibility index (Phi) is 6.14. The maximum Gasteiger partial charge on any atom is 0.252 e. The molecule has 1 amide bonds. The van der Waals surface area contributed by atoms with E-state index in [2.05, 4.69) is 21.7 Å². The lowest BCUT2D eigenvalue weighted by molar-refractivity contribution is 0.0169. The minimum atomic E-state index is -0.211. The van der Waals surface area contributed by atoms with E-state index in [0.29, 0.717) is 22.2 Å². The first-order valence-electron chi connectivity index (χ1n) is 7.73. The van der Waals surface area contributed by atoms with Gasteiger partial charge in [0.25, 0.3) is 5.91 Å². The molecule has 0 radical (unpaired) electrons. The van der Waals surface area contributed by atoms with Crippen molar-refractivity contribution in [2.45, 2.75) is 6.04 Å². The molecule has 128 valence electrons. The average molecular weight is 385 g/mol. The van der Waals surface area contributed by atoms with Gasteiger partial charge in [-0.15, -0.1) is 11.3 Å². The van der Waals surface area contributed by atoms with Crippen molar-refractivity contribution in [1.29, 1.82) is 0 Å². The topological polar surface area (TPSA) is 41.6 Å². The zero-order valence-corrected chi connectivity index (χ0v) is 15.3. The Labute approximate surface area is 155 Å². The normalized spacial score (nSPS) is 16.8. The molecular weight excluding hydrogens is 367 g/mol. The first kappa shape index (κ1) is 17.7. The number of nitrogens with one attached hydrogen (secondary N) is 1. The lowest BCUT2D eigenvalue weighted by Crippen LogP contribution is -2.43. The third-order valence-electron chi connectivity index (χ3n) is 3.99. The van der Waals surface area contributed by atoms with E-state index in [1.54, 1.807) is 29.5 Å². The first-order chi connectivity index (χ1) is 11.6. The van der Waals surface area contributed by atoms with Gasteiger partial charge in [-0.05, 0) is 29.6 Å². The number of morpholine rings is 1. The third-order valence-corrected chi connectivity index (χ3v) is 5.53. The Morgan fingerprint density at radius 1 is 1.29 bits per heavy atom. The van der Waals surface area contributed by atoms with E-state index in [1.807, 2.05) is 6.07 Å². The highest BCUT2D eigenvalue weighted by atomic mass is 35.5.